The van der Waals surface area contributed by atoms with Crippen LogP contribution in [0.25, 0.3) is 0 Å². The lowest BCUT2D eigenvalue weighted by atomic mass is 9.72. The summed E-state index contributed by atoms with van der Waals surface area (Å²) in [6.45, 7) is 0.205. The number of carbonyl (C=O) groups is 1. The summed E-state index contributed by atoms with van der Waals surface area (Å²) >= 11 is 0. The molecule has 4 rings (SSSR count). The highest BCUT2D eigenvalue weighted by atomic mass is 19.3. The molecule has 4 nitrogen and oxygen atoms in total. The lowest BCUT2D eigenvalue weighted by Crippen LogP contribution is -2.58. The molecule has 6 heteroatoms. The fourth-order valence-corrected chi connectivity index (χ4v) is 4.72. The second-order valence-corrected chi connectivity index (χ2v) is 8.05. The van der Waals surface area contributed by atoms with Crippen molar-refractivity contribution in [2.75, 3.05) is 0 Å². The van der Waals surface area contributed by atoms with Crippen LogP contribution in [0.3, 0.4) is 0 Å². The molecule has 29 heavy (non-hydrogen) atoms. The van der Waals surface area contributed by atoms with Crippen LogP contribution in [0.15, 0.2) is 54.6 Å². The summed E-state index contributed by atoms with van der Waals surface area (Å²) in [5, 5.41) is 11.3. The number of nitrogens with zero attached hydrogens (tertiary/aromatic N) is 1. The van der Waals surface area contributed by atoms with Crippen molar-refractivity contribution >= 4 is 6.09 Å². The van der Waals surface area contributed by atoms with E-state index in [-0.39, 0.29) is 30.3 Å². The molecule has 154 valence electrons. The first kappa shape index (κ1) is 19.8. The lowest BCUT2D eigenvalue weighted by Gasteiger charge is -2.51. The maximum absolute atomic E-state index is 13.1. The Kier molecular flexibility index (Phi) is 5.54. The molecule has 1 amide bonds. The monoisotopic (exact) mass is 401 g/mol. The first-order valence-corrected chi connectivity index (χ1v) is 10.1. The van der Waals surface area contributed by atoms with E-state index in [1.807, 2.05) is 30.3 Å². The molecular formula is C23H25F2NO3. The van der Waals surface area contributed by atoms with Crippen LogP contribution in [0, 0.1) is 0 Å². The molecule has 0 radical (unpaired) electrons. The highest BCUT2D eigenvalue weighted by Crippen LogP contribution is 2.45. The molecule has 2 bridgehead atoms. The molecule has 0 spiro atoms. The third kappa shape index (κ3) is 4.13. The van der Waals surface area contributed by atoms with Gasteiger partial charge in [-0.2, -0.15) is 0 Å². The number of fused-ring (bicyclic) bond motifs is 2. The summed E-state index contributed by atoms with van der Waals surface area (Å²) in [6.07, 6.45) is 0.234. The molecule has 2 heterocycles. The predicted molar refractivity (Wildman–Crippen MR) is 104 cm³/mol. The molecule has 1 N–H and O–H groups in total. The van der Waals surface area contributed by atoms with Gasteiger partial charge < -0.3 is 14.7 Å². The van der Waals surface area contributed by atoms with Gasteiger partial charge in [0.2, 0.25) is 0 Å². The third-order valence-electron chi connectivity index (χ3n) is 6.10. The van der Waals surface area contributed by atoms with Crippen LogP contribution in [0.5, 0.6) is 0 Å². The Labute approximate surface area is 169 Å². The van der Waals surface area contributed by atoms with E-state index in [1.54, 1.807) is 17.0 Å². The maximum Gasteiger partial charge on any atom is 0.410 e. The molecular weight excluding hydrogens is 376 g/mol. The quantitative estimate of drug-likeness (QED) is 0.769. The van der Waals surface area contributed by atoms with E-state index in [0.717, 1.165) is 24.8 Å². The lowest BCUT2D eigenvalue weighted by molar-refractivity contribution is -0.0897. The molecule has 2 atom stereocenters. The van der Waals surface area contributed by atoms with Gasteiger partial charge in [0.25, 0.3) is 6.43 Å². The highest BCUT2D eigenvalue weighted by molar-refractivity contribution is 5.69. The van der Waals surface area contributed by atoms with Crippen LogP contribution in [-0.4, -0.2) is 28.2 Å². The molecule has 0 saturated carbocycles. The maximum atomic E-state index is 13.1. The molecule has 2 fully saturated rings. The number of hydrogen-bond donors (Lipinski definition) is 1. The third-order valence-corrected chi connectivity index (χ3v) is 6.10. The van der Waals surface area contributed by atoms with E-state index in [1.165, 1.54) is 12.1 Å². The minimum absolute atomic E-state index is 0.0919. The van der Waals surface area contributed by atoms with Crippen molar-refractivity contribution < 1.29 is 23.4 Å². The van der Waals surface area contributed by atoms with Crippen LogP contribution in [0.1, 0.15) is 55.2 Å². The number of rotatable bonds is 4. The summed E-state index contributed by atoms with van der Waals surface area (Å²) in [6, 6.07) is 15.2. The van der Waals surface area contributed by atoms with E-state index < -0.39 is 12.0 Å². The van der Waals surface area contributed by atoms with Crippen LogP contribution in [-0.2, 0) is 16.9 Å². The SMILES string of the molecule is O=C(OCc1ccccc1)N1C2CCCC1CC(O)(c1cccc(C(F)F)c1)C2. The number of benzene rings is 2. The molecule has 0 aromatic heterocycles. The van der Waals surface area contributed by atoms with Crippen molar-refractivity contribution in [3.05, 3.63) is 71.3 Å². The first-order chi connectivity index (χ1) is 14.0. The van der Waals surface area contributed by atoms with Gasteiger partial charge in [-0.3, -0.25) is 0 Å². The molecule has 2 aromatic rings. The topological polar surface area (TPSA) is 49.8 Å². The summed E-state index contributed by atoms with van der Waals surface area (Å²) < 4.78 is 31.8. The van der Waals surface area contributed by atoms with Crippen molar-refractivity contribution in [2.45, 2.75) is 62.8 Å². The van der Waals surface area contributed by atoms with Gasteiger partial charge in [-0.15, -0.1) is 0 Å². The number of hydrogen-bond acceptors (Lipinski definition) is 3. The summed E-state index contributed by atoms with van der Waals surface area (Å²) in [7, 11) is 0. The first-order valence-electron chi connectivity index (χ1n) is 10.1. The second-order valence-electron chi connectivity index (χ2n) is 8.05. The van der Waals surface area contributed by atoms with Crippen LogP contribution < -0.4 is 0 Å². The number of amides is 1. The Bertz CT molecular complexity index is 844. The average molecular weight is 401 g/mol. The van der Waals surface area contributed by atoms with Gasteiger partial charge in [-0.05, 0) is 36.5 Å². The van der Waals surface area contributed by atoms with Crippen LogP contribution in [0.4, 0.5) is 13.6 Å². The molecule has 2 unspecified atom stereocenters. The van der Waals surface area contributed by atoms with Gasteiger partial charge in [0.1, 0.15) is 6.61 Å². The number of halogens is 2. The molecule has 2 aromatic carbocycles. The van der Waals surface area contributed by atoms with Crippen LogP contribution in [0.2, 0.25) is 0 Å². The van der Waals surface area contributed by atoms with E-state index in [4.69, 9.17) is 4.74 Å². The zero-order valence-electron chi connectivity index (χ0n) is 16.1. The Morgan fingerprint density at radius 1 is 1.10 bits per heavy atom. The van der Waals surface area contributed by atoms with E-state index >= 15 is 0 Å². The predicted octanol–water partition coefficient (Wildman–Crippen LogP) is 5.17. The van der Waals surface area contributed by atoms with E-state index in [9.17, 15) is 18.7 Å². The molecule has 2 aliphatic heterocycles. The van der Waals surface area contributed by atoms with E-state index in [0.29, 0.717) is 18.4 Å². The van der Waals surface area contributed by atoms with Crippen molar-refractivity contribution in [1.29, 1.82) is 0 Å². The van der Waals surface area contributed by atoms with Gasteiger partial charge >= 0.3 is 6.09 Å². The molecule has 0 aliphatic carbocycles. The van der Waals surface area contributed by atoms with Gasteiger partial charge in [0.05, 0.1) is 5.60 Å². The van der Waals surface area contributed by atoms with Crippen molar-refractivity contribution in [2.24, 2.45) is 0 Å². The van der Waals surface area contributed by atoms with Crippen LogP contribution >= 0.6 is 0 Å². The Hall–Kier alpha value is -2.47. The minimum atomic E-state index is -2.58. The normalized spacial score (nSPS) is 26.4. The summed E-state index contributed by atoms with van der Waals surface area (Å²) in [5.74, 6) is 0. The zero-order valence-corrected chi connectivity index (χ0v) is 16.1. The van der Waals surface area contributed by atoms with Crippen molar-refractivity contribution in [3.63, 3.8) is 0 Å². The van der Waals surface area contributed by atoms with Gasteiger partial charge in [0.15, 0.2) is 0 Å². The second kappa shape index (κ2) is 8.11. The number of alkyl halides is 2. The number of piperidine rings is 2. The summed E-state index contributed by atoms with van der Waals surface area (Å²) in [5.41, 5.74) is 0.121. The van der Waals surface area contributed by atoms with Crippen molar-refractivity contribution in [3.8, 4) is 0 Å². The number of carbonyl (C=O) groups excluding carboxylic acids is 1. The Balaban J connectivity index is 1.50. The standard InChI is InChI=1S/C23H25F2NO3/c24-21(25)17-8-4-9-18(12-17)23(28)13-19-10-5-11-20(14-23)26(19)22(27)29-15-16-6-2-1-3-7-16/h1-4,6-9,12,19-21,28H,5,10-11,13-15H2. The largest absolute Gasteiger partial charge is 0.445 e. The fourth-order valence-electron chi connectivity index (χ4n) is 4.72. The molecule has 2 saturated heterocycles. The number of aliphatic hydroxyl groups is 1. The van der Waals surface area contributed by atoms with Gasteiger partial charge in [-0.1, -0.05) is 48.5 Å². The minimum Gasteiger partial charge on any atom is -0.445 e. The highest BCUT2D eigenvalue weighted by Gasteiger charge is 2.48. The summed E-state index contributed by atoms with van der Waals surface area (Å²) in [4.78, 5) is 14.6. The van der Waals surface area contributed by atoms with Gasteiger partial charge in [0, 0.05) is 30.5 Å². The van der Waals surface area contributed by atoms with Gasteiger partial charge in [-0.25, -0.2) is 13.6 Å². The Morgan fingerprint density at radius 2 is 1.79 bits per heavy atom. The van der Waals surface area contributed by atoms with E-state index in [2.05, 4.69) is 0 Å². The van der Waals surface area contributed by atoms with Crippen molar-refractivity contribution in [1.82, 2.24) is 4.90 Å². The fraction of sp³-hybridized carbons (Fsp3) is 0.435. The molecule has 2 aliphatic rings. The number of ether oxygens (including phenoxy) is 1. The zero-order chi connectivity index (χ0) is 20.4. The average Bonchev–Trinajstić information content (AvgIpc) is 2.72. The smallest absolute Gasteiger partial charge is 0.410 e. The Morgan fingerprint density at radius 3 is 2.45 bits per heavy atom.